The van der Waals surface area contributed by atoms with Crippen molar-refractivity contribution in [2.45, 2.75) is 0 Å². The summed E-state index contributed by atoms with van der Waals surface area (Å²) in [5.74, 6) is -0.708. The summed E-state index contributed by atoms with van der Waals surface area (Å²) in [6.07, 6.45) is 0. The summed E-state index contributed by atoms with van der Waals surface area (Å²) >= 11 is 3.03. The fraction of sp³-hybridized carbons (Fsp3) is 0.250. The van der Waals surface area contributed by atoms with Gasteiger partial charge in [-0.2, -0.15) is 4.39 Å². The molecule has 0 spiro atoms. The first-order valence-electron chi connectivity index (χ1n) is 4.02. The van der Waals surface area contributed by atoms with Crippen molar-refractivity contribution in [1.82, 2.24) is 0 Å². The molecule has 0 aliphatic carbocycles. The van der Waals surface area contributed by atoms with E-state index in [1.54, 1.807) is 0 Å². The Hall–Kier alpha value is -1.21. The van der Waals surface area contributed by atoms with Gasteiger partial charge in [-0.05, 0) is 22.0 Å². The smallest absolute Gasteiger partial charge is 0.308 e. The standard InChI is InChI=1S/C8H8BrFN2O3/c9-5-3-6(10)7(12(13)14)4-8(5)15-2-1-11/h3-4H,1-2,11H2. The summed E-state index contributed by atoms with van der Waals surface area (Å²) in [6.45, 7) is 0.485. The molecule has 1 aromatic rings. The molecule has 0 amide bonds. The molecule has 0 aliphatic heterocycles. The number of halogens is 2. The monoisotopic (exact) mass is 278 g/mol. The zero-order valence-electron chi connectivity index (χ0n) is 7.57. The molecule has 0 fully saturated rings. The van der Waals surface area contributed by atoms with Gasteiger partial charge in [0.15, 0.2) is 0 Å². The van der Waals surface area contributed by atoms with E-state index < -0.39 is 16.4 Å². The second-order valence-corrected chi connectivity index (χ2v) is 3.48. The van der Waals surface area contributed by atoms with Crippen molar-refractivity contribution in [3.63, 3.8) is 0 Å². The summed E-state index contributed by atoms with van der Waals surface area (Å²) in [4.78, 5) is 9.62. The second-order valence-electron chi connectivity index (χ2n) is 2.63. The SMILES string of the molecule is NCCOc1cc([N+](=O)[O-])c(F)cc1Br. The lowest BCUT2D eigenvalue weighted by molar-refractivity contribution is -0.387. The fourth-order valence-electron chi connectivity index (χ4n) is 0.938. The van der Waals surface area contributed by atoms with Gasteiger partial charge >= 0.3 is 5.69 Å². The number of hydrogen-bond acceptors (Lipinski definition) is 4. The van der Waals surface area contributed by atoms with E-state index in [1.807, 2.05) is 0 Å². The summed E-state index contributed by atoms with van der Waals surface area (Å²) in [5, 5.41) is 10.4. The number of nitrogens with two attached hydrogens (primary N) is 1. The van der Waals surface area contributed by atoms with Crippen LogP contribution < -0.4 is 10.5 Å². The normalized spacial score (nSPS) is 10.1. The Labute approximate surface area is 93.3 Å². The summed E-state index contributed by atoms with van der Waals surface area (Å²) < 4.78 is 18.5. The van der Waals surface area contributed by atoms with E-state index in [2.05, 4.69) is 15.9 Å². The highest BCUT2D eigenvalue weighted by atomic mass is 79.9. The minimum Gasteiger partial charge on any atom is -0.491 e. The Balaban J connectivity index is 3.06. The van der Waals surface area contributed by atoms with Crippen molar-refractivity contribution >= 4 is 21.6 Å². The predicted octanol–water partition coefficient (Wildman–Crippen LogP) is 1.83. The van der Waals surface area contributed by atoms with Crippen LogP contribution in [0.1, 0.15) is 0 Å². The summed E-state index contributed by atoms with van der Waals surface area (Å²) in [6, 6.07) is 2.01. The van der Waals surface area contributed by atoms with E-state index in [4.69, 9.17) is 10.5 Å². The van der Waals surface area contributed by atoms with Crippen molar-refractivity contribution in [1.29, 1.82) is 0 Å². The van der Waals surface area contributed by atoms with Crippen LogP contribution in [0.3, 0.4) is 0 Å². The third kappa shape index (κ3) is 2.87. The average Bonchev–Trinajstić information content (AvgIpc) is 2.16. The molecule has 0 heterocycles. The molecule has 0 saturated heterocycles. The molecule has 7 heteroatoms. The van der Waals surface area contributed by atoms with Crippen molar-refractivity contribution < 1.29 is 14.1 Å². The molecule has 1 rings (SSSR count). The molecule has 0 unspecified atom stereocenters. The van der Waals surface area contributed by atoms with Crippen molar-refractivity contribution in [2.75, 3.05) is 13.2 Å². The fourth-order valence-corrected chi connectivity index (χ4v) is 1.37. The Morgan fingerprint density at radius 3 is 2.80 bits per heavy atom. The van der Waals surface area contributed by atoms with Crippen LogP contribution in [0.2, 0.25) is 0 Å². The molecule has 15 heavy (non-hydrogen) atoms. The number of rotatable bonds is 4. The van der Waals surface area contributed by atoms with Crippen LogP contribution in [-0.2, 0) is 0 Å². The van der Waals surface area contributed by atoms with Gasteiger partial charge in [0.25, 0.3) is 0 Å². The van der Waals surface area contributed by atoms with Crippen molar-refractivity contribution in [2.24, 2.45) is 5.73 Å². The van der Waals surface area contributed by atoms with E-state index in [1.165, 1.54) is 0 Å². The number of nitro benzene ring substituents is 1. The molecule has 2 N–H and O–H groups in total. The van der Waals surface area contributed by atoms with Crippen molar-refractivity contribution in [3.8, 4) is 5.75 Å². The van der Waals surface area contributed by atoms with Crippen LogP contribution >= 0.6 is 15.9 Å². The van der Waals surface area contributed by atoms with Crippen LogP contribution in [0.15, 0.2) is 16.6 Å². The highest BCUT2D eigenvalue weighted by molar-refractivity contribution is 9.10. The molecule has 0 radical (unpaired) electrons. The summed E-state index contributed by atoms with van der Waals surface area (Å²) in [7, 11) is 0. The van der Waals surface area contributed by atoms with Gasteiger partial charge in [0.05, 0.1) is 15.5 Å². The molecule has 1 aromatic carbocycles. The Morgan fingerprint density at radius 2 is 2.27 bits per heavy atom. The molecule has 0 aliphatic rings. The first kappa shape index (κ1) is 11.9. The Kier molecular flexibility index (Phi) is 3.98. The van der Waals surface area contributed by atoms with E-state index >= 15 is 0 Å². The van der Waals surface area contributed by atoms with Gasteiger partial charge < -0.3 is 10.5 Å². The van der Waals surface area contributed by atoms with Crippen LogP contribution in [0.4, 0.5) is 10.1 Å². The quantitative estimate of drug-likeness (QED) is 0.673. The molecule has 0 aromatic heterocycles. The average molecular weight is 279 g/mol. The number of nitrogens with zero attached hydrogens (tertiary/aromatic N) is 1. The second kappa shape index (κ2) is 5.04. The zero-order valence-corrected chi connectivity index (χ0v) is 9.16. The van der Waals surface area contributed by atoms with Gasteiger partial charge in [-0.3, -0.25) is 10.1 Å². The van der Waals surface area contributed by atoms with Crippen LogP contribution in [0.25, 0.3) is 0 Å². The Bertz CT molecular complexity index is 386. The van der Waals surface area contributed by atoms with Gasteiger partial charge in [-0.25, -0.2) is 0 Å². The molecular formula is C8H8BrFN2O3. The van der Waals surface area contributed by atoms with E-state index in [0.29, 0.717) is 4.47 Å². The summed E-state index contributed by atoms with van der Waals surface area (Å²) in [5.41, 5.74) is 4.59. The van der Waals surface area contributed by atoms with E-state index in [9.17, 15) is 14.5 Å². The topological polar surface area (TPSA) is 78.4 Å². The maximum Gasteiger partial charge on any atom is 0.308 e. The lowest BCUT2D eigenvalue weighted by Gasteiger charge is -2.06. The lowest BCUT2D eigenvalue weighted by Crippen LogP contribution is -2.11. The van der Waals surface area contributed by atoms with Crippen LogP contribution in [-0.4, -0.2) is 18.1 Å². The first-order valence-corrected chi connectivity index (χ1v) is 4.82. The maximum atomic E-state index is 13.1. The van der Waals surface area contributed by atoms with Gasteiger partial charge in [-0.15, -0.1) is 0 Å². The van der Waals surface area contributed by atoms with E-state index in [0.717, 1.165) is 12.1 Å². The maximum absolute atomic E-state index is 13.1. The van der Waals surface area contributed by atoms with Crippen LogP contribution in [0, 0.1) is 15.9 Å². The van der Waals surface area contributed by atoms with Crippen molar-refractivity contribution in [3.05, 3.63) is 32.5 Å². The van der Waals surface area contributed by atoms with Gasteiger partial charge in [-0.1, -0.05) is 0 Å². The molecule has 0 atom stereocenters. The highest BCUT2D eigenvalue weighted by Crippen LogP contribution is 2.31. The third-order valence-electron chi connectivity index (χ3n) is 1.57. The van der Waals surface area contributed by atoms with Gasteiger partial charge in [0.1, 0.15) is 12.4 Å². The minimum absolute atomic E-state index is 0.202. The number of ether oxygens (including phenoxy) is 1. The first-order chi connectivity index (χ1) is 7.06. The number of nitro groups is 1. The molecule has 82 valence electrons. The van der Waals surface area contributed by atoms with Gasteiger partial charge in [0, 0.05) is 6.54 Å². The number of hydrogen-bond donors (Lipinski definition) is 1. The molecule has 0 saturated carbocycles. The highest BCUT2D eigenvalue weighted by Gasteiger charge is 2.17. The van der Waals surface area contributed by atoms with Gasteiger partial charge in [0.2, 0.25) is 5.82 Å². The van der Waals surface area contributed by atoms with Crippen LogP contribution in [0.5, 0.6) is 5.75 Å². The number of benzene rings is 1. The largest absolute Gasteiger partial charge is 0.491 e. The van der Waals surface area contributed by atoms with E-state index in [-0.39, 0.29) is 18.9 Å². The predicted molar refractivity (Wildman–Crippen MR) is 55.3 cm³/mol. The third-order valence-corrected chi connectivity index (χ3v) is 2.19. The Morgan fingerprint density at radius 1 is 1.60 bits per heavy atom. The molecule has 5 nitrogen and oxygen atoms in total. The zero-order chi connectivity index (χ0) is 11.4. The minimum atomic E-state index is -0.910. The molecular weight excluding hydrogens is 271 g/mol. The molecule has 0 bridgehead atoms. The lowest BCUT2D eigenvalue weighted by atomic mass is 10.3.